The average Bonchev–Trinajstić information content (AvgIpc) is 2.80. The topological polar surface area (TPSA) is 64.3 Å². The Kier molecular flexibility index (Phi) is 2.71. The van der Waals surface area contributed by atoms with Crippen molar-refractivity contribution < 1.29 is 9.59 Å². The molecule has 0 aliphatic heterocycles. The van der Waals surface area contributed by atoms with Gasteiger partial charge < -0.3 is 0 Å². The van der Waals surface area contributed by atoms with Crippen LogP contribution in [0.1, 0.15) is 10.5 Å². The maximum absolute atomic E-state index is 11.2. The van der Waals surface area contributed by atoms with E-state index in [1.54, 1.807) is 6.20 Å². The van der Waals surface area contributed by atoms with Gasteiger partial charge in [0, 0.05) is 6.20 Å². The number of aromatic nitrogens is 2. The zero-order chi connectivity index (χ0) is 11.4. The number of hydrogen-bond acceptors (Lipinski definition) is 3. The van der Waals surface area contributed by atoms with Crippen LogP contribution in [0.4, 0.5) is 0 Å². The Morgan fingerprint density at radius 2 is 2.00 bits per heavy atom. The number of para-hydroxylation sites is 1. The zero-order valence-corrected chi connectivity index (χ0v) is 8.20. The van der Waals surface area contributed by atoms with Crippen LogP contribution < -0.4 is 0 Å². The van der Waals surface area contributed by atoms with Gasteiger partial charge in [-0.3, -0.25) is 4.79 Å². The Morgan fingerprint density at radius 3 is 2.69 bits per heavy atom. The Morgan fingerprint density at radius 1 is 1.25 bits per heavy atom. The molecular formula is C11H7N3O2. The van der Waals surface area contributed by atoms with Crippen LogP contribution in [0.3, 0.4) is 0 Å². The summed E-state index contributed by atoms with van der Waals surface area (Å²) in [6, 6.07) is 10.8. The van der Waals surface area contributed by atoms with Crippen molar-refractivity contribution in [1.29, 1.82) is 0 Å². The summed E-state index contributed by atoms with van der Waals surface area (Å²) in [6.45, 7) is 0. The monoisotopic (exact) mass is 213 g/mol. The maximum Gasteiger partial charge on any atom is 0.308 e. The summed E-state index contributed by atoms with van der Waals surface area (Å²) in [6.07, 6.45) is 2.82. The molecule has 0 N–H and O–H groups in total. The van der Waals surface area contributed by atoms with Gasteiger partial charge in [-0.2, -0.15) is 5.10 Å². The molecule has 0 spiro atoms. The van der Waals surface area contributed by atoms with E-state index in [2.05, 4.69) is 10.1 Å². The molecule has 1 amide bonds. The third kappa shape index (κ3) is 1.94. The normalized spacial score (nSPS) is 9.50. The number of carbonyl (C=O) groups is 1. The predicted molar refractivity (Wildman–Crippen MR) is 56.0 cm³/mol. The second kappa shape index (κ2) is 4.33. The van der Waals surface area contributed by atoms with Crippen LogP contribution in [0.15, 0.2) is 47.6 Å². The molecule has 5 nitrogen and oxygen atoms in total. The number of rotatable bonds is 2. The highest BCUT2D eigenvalue weighted by atomic mass is 16.2. The summed E-state index contributed by atoms with van der Waals surface area (Å²) >= 11 is 0. The number of carbonyl (C=O) groups excluding carboxylic acids is 2. The highest BCUT2D eigenvalue weighted by Gasteiger charge is 2.08. The minimum Gasteiger partial charge on any atom is -0.264 e. The highest BCUT2D eigenvalue weighted by Crippen LogP contribution is 2.07. The maximum atomic E-state index is 11.2. The first-order valence-electron chi connectivity index (χ1n) is 4.54. The molecule has 16 heavy (non-hydrogen) atoms. The predicted octanol–water partition coefficient (Wildman–Crippen LogP) is 1.35. The lowest BCUT2D eigenvalue weighted by atomic mass is 10.3. The lowest BCUT2D eigenvalue weighted by molar-refractivity contribution is 0.0998. The summed E-state index contributed by atoms with van der Waals surface area (Å²) < 4.78 is 1.54. The van der Waals surface area contributed by atoms with Gasteiger partial charge in [0.15, 0.2) is 5.69 Å². The molecule has 0 radical (unpaired) electrons. The molecule has 1 aromatic carbocycles. The van der Waals surface area contributed by atoms with Crippen molar-refractivity contribution in [2.45, 2.75) is 0 Å². The van der Waals surface area contributed by atoms with Crippen LogP contribution in [0.25, 0.3) is 5.69 Å². The molecule has 0 aliphatic rings. The summed E-state index contributed by atoms with van der Waals surface area (Å²) in [5, 5.41) is 3.99. The van der Waals surface area contributed by atoms with Crippen molar-refractivity contribution >= 4 is 12.0 Å². The van der Waals surface area contributed by atoms with Gasteiger partial charge in [0.2, 0.25) is 6.08 Å². The molecule has 2 aromatic rings. The second-order valence-corrected chi connectivity index (χ2v) is 2.99. The SMILES string of the molecule is O=C=NC(=O)c1ccn(-c2ccccc2)n1. The fourth-order valence-electron chi connectivity index (χ4n) is 1.26. The molecule has 0 saturated carbocycles. The molecule has 78 valence electrons. The van der Waals surface area contributed by atoms with E-state index < -0.39 is 5.91 Å². The molecule has 0 saturated heterocycles. The molecule has 0 bridgehead atoms. The van der Waals surface area contributed by atoms with Crippen LogP contribution in [-0.4, -0.2) is 21.8 Å². The first-order valence-corrected chi connectivity index (χ1v) is 4.54. The summed E-state index contributed by atoms with van der Waals surface area (Å²) in [4.78, 5) is 24.1. The number of hydrogen-bond donors (Lipinski definition) is 0. The molecule has 0 fully saturated rings. The smallest absolute Gasteiger partial charge is 0.264 e. The number of aliphatic imine (C=N–C) groups is 1. The Bertz CT molecular complexity index is 554. The van der Waals surface area contributed by atoms with E-state index in [1.165, 1.54) is 16.8 Å². The minimum atomic E-state index is -0.690. The van der Waals surface area contributed by atoms with Crippen molar-refractivity contribution in [2.24, 2.45) is 4.99 Å². The molecule has 0 atom stereocenters. The lowest BCUT2D eigenvalue weighted by Gasteiger charge is -1.98. The summed E-state index contributed by atoms with van der Waals surface area (Å²) in [5.74, 6) is -0.690. The summed E-state index contributed by atoms with van der Waals surface area (Å²) in [5.41, 5.74) is 0.948. The molecule has 1 heterocycles. The highest BCUT2D eigenvalue weighted by molar-refractivity contribution is 5.95. The summed E-state index contributed by atoms with van der Waals surface area (Å²) in [7, 11) is 0. The van der Waals surface area contributed by atoms with Gasteiger partial charge in [-0.25, -0.2) is 9.48 Å². The van der Waals surface area contributed by atoms with E-state index >= 15 is 0 Å². The average molecular weight is 213 g/mol. The van der Waals surface area contributed by atoms with Gasteiger partial charge >= 0.3 is 5.91 Å². The van der Waals surface area contributed by atoms with Crippen LogP contribution in [0.2, 0.25) is 0 Å². The van der Waals surface area contributed by atoms with Gasteiger partial charge in [0.25, 0.3) is 0 Å². The van der Waals surface area contributed by atoms with Crippen molar-refractivity contribution in [3.63, 3.8) is 0 Å². The lowest BCUT2D eigenvalue weighted by Crippen LogP contribution is -1.99. The van der Waals surface area contributed by atoms with Crippen LogP contribution in [0, 0.1) is 0 Å². The quantitative estimate of drug-likeness (QED) is 0.558. The Hall–Kier alpha value is -2.52. The Balaban J connectivity index is 2.33. The van der Waals surface area contributed by atoms with Gasteiger partial charge in [-0.05, 0) is 18.2 Å². The van der Waals surface area contributed by atoms with Crippen molar-refractivity contribution in [3.05, 3.63) is 48.3 Å². The zero-order valence-electron chi connectivity index (χ0n) is 8.20. The van der Waals surface area contributed by atoms with Crippen LogP contribution >= 0.6 is 0 Å². The first-order chi connectivity index (χ1) is 7.81. The van der Waals surface area contributed by atoms with E-state index in [-0.39, 0.29) is 5.69 Å². The van der Waals surface area contributed by atoms with E-state index in [0.717, 1.165) is 5.69 Å². The number of nitrogens with zero attached hydrogens (tertiary/aromatic N) is 3. The fourth-order valence-corrected chi connectivity index (χ4v) is 1.26. The molecule has 2 rings (SSSR count). The van der Waals surface area contributed by atoms with Crippen LogP contribution in [-0.2, 0) is 4.79 Å². The molecule has 0 aliphatic carbocycles. The number of benzene rings is 1. The van der Waals surface area contributed by atoms with Gasteiger partial charge in [0.1, 0.15) is 0 Å². The standard InChI is InChI=1S/C11H7N3O2/c15-8-12-11(16)10-6-7-14(13-10)9-4-2-1-3-5-9/h1-7H. The first kappa shape index (κ1) is 10.0. The number of isocyanates is 1. The van der Waals surface area contributed by atoms with Crippen molar-refractivity contribution in [3.8, 4) is 5.69 Å². The van der Waals surface area contributed by atoms with Gasteiger partial charge in [0.05, 0.1) is 5.69 Å². The van der Waals surface area contributed by atoms with Gasteiger partial charge in [-0.15, -0.1) is 4.99 Å². The van der Waals surface area contributed by atoms with E-state index in [1.807, 2.05) is 30.3 Å². The van der Waals surface area contributed by atoms with Crippen LogP contribution in [0.5, 0.6) is 0 Å². The van der Waals surface area contributed by atoms with E-state index in [4.69, 9.17) is 0 Å². The molecule has 5 heteroatoms. The molecular weight excluding hydrogens is 206 g/mol. The van der Waals surface area contributed by atoms with Gasteiger partial charge in [-0.1, -0.05) is 18.2 Å². The van der Waals surface area contributed by atoms with E-state index in [0.29, 0.717) is 0 Å². The van der Waals surface area contributed by atoms with E-state index in [9.17, 15) is 9.59 Å². The largest absolute Gasteiger partial charge is 0.308 e. The molecule has 0 unspecified atom stereocenters. The second-order valence-electron chi connectivity index (χ2n) is 2.99. The molecule has 1 aromatic heterocycles. The minimum absolute atomic E-state index is 0.118. The third-order valence-corrected chi connectivity index (χ3v) is 1.98. The number of amides is 1. The van der Waals surface area contributed by atoms with Crippen molar-refractivity contribution in [2.75, 3.05) is 0 Å². The Labute approximate surface area is 91.0 Å². The fraction of sp³-hybridized carbons (Fsp3) is 0. The van der Waals surface area contributed by atoms with Crippen molar-refractivity contribution in [1.82, 2.24) is 9.78 Å². The third-order valence-electron chi connectivity index (χ3n) is 1.98.